The standard InChI is InChI=1S/C25H31N5O6S2/c1-17-13-29(16-31)9-10-30(17)14-20-12-26-25(37-20)27-24(32)23(28-36-19-8-11-35-15-19)18-2-4-21(5-3-18)38(33,34)22-6-7-22/h2-5,12,16-17,19,22H,6-11,13-15H2,1H3,(H,26,27,32)/t17-,19+/m0/s1. The molecule has 11 nitrogen and oxygen atoms in total. The average Bonchev–Trinajstić information content (AvgIpc) is 3.49. The Morgan fingerprint density at radius 3 is 2.71 bits per heavy atom. The second kappa shape index (κ2) is 11.5. The van der Waals surface area contributed by atoms with E-state index in [0.29, 0.717) is 62.8 Å². The topological polar surface area (TPSA) is 130 Å². The lowest BCUT2D eigenvalue weighted by Gasteiger charge is -2.37. The lowest BCUT2D eigenvalue weighted by Crippen LogP contribution is -2.50. The molecular weight excluding hydrogens is 530 g/mol. The van der Waals surface area contributed by atoms with E-state index in [0.717, 1.165) is 17.8 Å². The second-order valence-corrected chi connectivity index (χ2v) is 13.1. The smallest absolute Gasteiger partial charge is 0.280 e. The van der Waals surface area contributed by atoms with E-state index in [1.165, 1.54) is 23.5 Å². The van der Waals surface area contributed by atoms with Gasteiger partial charge in [-0.1, -0.05) is 17.3 Å². The first-order valence-electron chi connectivity index (χ1n) is 12.7. The van der Waals surface area contributed by atoms with Gasteiger partial charge < -0.3 is 14.5 Å². The van der Waals surface area contributed by atoms with Crippen molar-refractivity contribution in [2.75, 3.05) is 38.2 Å². The number of thiazole rings is 1. The van der Waals surface area contributed by atoms with Crippen molar-refractivity contribution >= 4 is 44.3 Å². The molecule has 1 saturated carbocycles. The summed E-state index contributed by atoms with van der Waals surface area (Å²) >= 11 is 1.37. The zero-order valence-corrected chi connectivity index (χ0v) is 22.7. The largest absolute Gasteiger partial charge is 0.389 e. The number of hydrogen-bond acceptors (Lipinski definition) is 10. The van der Waals surface area contributed by atoms with Gasteiger partial charge >= 0.3 is 0 Å². The Kier molecular flexibility index (Phi) is 8.07. The number of nitrogens with zero attached hydrogens (tertiary/aromatic N) is 4. The fourth-order valence-corrected chi connectivity index (χ4v) is 6.96. The molecule has 0 spiro atoms. The molecule has 2 saturated heterocycles. The highest BCUT2D eigenvalue weighted by atomic mass is 32.2. The van der Waals surface area contributed by atoms with E-state index >= 15 is 0 Å². The molecule has 1 aliphatic carbocycles. The van der Waals surface area contributed by atoms with E-state index in [9.17, 15) is 18.0 Å². The number of oxime groups is 1. The number of carbonyl (C=O) groups is 2. The SMILES string of the molecule is C[C@H]1CN(C=O)CCN1Cc1cnc(NC(=O)C(=NO[C@@H]2CCOC2)c2ccc(S(=O)(=O)C3CC3)cc2)s1. The van der Waals surface area contributed by atoms with Crippen LogP contribution in [0, 0.1) is 0 Å². The van der Waals surface area contributed by atoms with E-state index in [2.05, 4.69) is 27.3 Å². The van der Waals surface area contributed by atoms with Crippen molar-refractivity contribution in [3.63, 3.8) is 0 Å². The van der Waals surface area contributed by atoms with Gasteiger partial charge in [0.05, 0.1) is 23.4 Å². The number of nitrogens with one attached hydrogen (secondary N) is 1. The van der Waals surface area contributed by atoms with Crippen LogP contribution in [-0.2, 0) is 35.5 Å². The molecule has 2 aliphatic heterocycles. The summed E-state index contributed by atoms with van der Waals surface area (Å²) in [5.74, 6) is -0.504. The Balaban J connectivity index is 1.28. The minimum atomic E-state index is -3.34. The van der Waals surface area contributed by atoms with E-state index in [-0.39, 0.29) is 28.0 Å². The molecule has 3 fully saturated rings. The van der Waals surface area contributed by atoms with Crippen molar-refractivity contribution in [3.05, 3.63) is 40.9 Å². The Morgan fingerprint density at radius 1 is 1.26 bits per heavy atom. The quantitative estimate of drug-likeness (QED) is 0.264. The molecule has 38 heavy (non-hydrogen) atoms. The van der Waals surface area contributed by atoms with Gasteiger partial charge in [-0.2, -0.15) is 0 Å². The predicted octanol–water partition coefficient (Wildman–Crippen LogP) is 1.89. The first kappa shape index (κ1) is 26.7. The van der Waals surface area contributed by atoms with Gasteiger partial charge in [-0.05, 0) is 31.9 Å². The highest BCUT2D eigenvalue weighted by Gasteiger charge is 2.37. The molecule has 2 atom stereocenters. The van der Waals surface area contributed by atoms with Crippen LogP contribution in [0.1, 0.15) is 36.6 Å². The predicted molar refractivity (Wildman–Crippen MR) is 142 cm³/mol. The van der Waals surface area contributed by atoms with Crippen molar-refractivity contribution in [3.8, 4) is 0 Å². The van der Waals surface area contributed by atoms with Gasteiger partial charge in [0.1, 0.15) is 0 Å². The minimum absolute atomic E-state index is 0.0302. The third-order valence-corrected chi connectivity index (χ3v) is 10.1. The van der Waals surface area contributed by atoms with Crippen molar-refractivity contribution < 1.29 is 27.6 Å². The van der Waals surface area contributed by atoms with Crippen LogP contribution in [0.4, 0.5) is 5.13 Å². The van der Waals surface area contributed by atoms with Crippen LogP contribution in [0.3, 0.4) is 0 Å². The van der Waals surface area contributed by atoms with Gasteiger partial charge in [-0.3, -0.25) is 19.8 Å². The maximum Gasteiger partial charge on any atom is 0.280 e. The molecule has 0 radical (unpaired) electrons. The summed E-state index contributed by atoms with van der Waals surface area (Å²) in [6, 6.07) is 6.40. The Morgan fingerprint density at radius 2 is 2.05 bits per heavy atom. The van der Waals surface area contributed by atoms with Gasteiger partial charge in [0, 0.05) is 55.3 Å². The van der Waals surface area contributed by atoms with Crippen molar-refractivity contribution in [2.24, 2.45) is 5.16 Å². The Hall–Kier alpha value is -2.87. The lowest BCUT2D eigenvalue weighted by atomic mass is 10.1. The molecule has 3 heterocycles. The number of ether oxygens (including phenoxy) is 1. The zero-order valence-electron chi connectivity index (χ0n) is 21.1. The normalized spacial score (nSPS) is 22.9. The highest BCUT2D eigenvalue weighted by molar-refractivity contribution is 7.92. The minimum Gasteiger partial charge on any atom is -0.389 e. The van der Waals surface area contributed by atoms with Crippen LogP contribution in [0.5, 0.6) is 0 Å². The van der Waals surface area contributed by atoms with Crippen LogP contribution in [-0.4, -0.2) is 91.5 Å². The van der Waals surface area contributed by atoms with Crippen molar-refractivity contribution in [1.29, 1.82) is 0 Å². The van der Waals surface area contributed by atoms with Crippen molar-refractivity contribution in [1.82, 2.24) is 14.8 Å². The molecule has 3 aliphatic rings. The fraction of sp³-hybridized carbons (Fsp3) is 0.520. The fourth-order valence-electron chi connectivity index (χ4n) is 4.47. The van der Waals surface area contributed by atoms with Gasteiger partial charge in [0.15, 0.2) is 26.8 Å². The summed E-state index contributed by atoms with van der Waals surface area (Å²) in [6.07, 6.45) is 4.41. The first-order chi connectivity index (χ1) is 18.3. The molecule has 1 N–H and O–H groups in total. The summed E-state index contributed by atoms with van der Waals surface area (Å²) < 4.78 is 30.5. The highest BCUT2D eigenvalue weighted by Crippen LogP contribution is 2.33. The maximum absolute atomic E-state index is 13.3. The zero-order chi connectivity index (χ0) is 26.7. The number of benzene rings is 1. The van der Waals surface area contributed by atoms with Crippen LogP contribution in [0.25, 0.3) is 0 Å². The van der Waals surface area contributed by atoms with Crippen molar-refractivity contribution in [2.45, 2.75) is 55.0 Å². The Labute approximate surface area is 225 Å². The number of amides is 2. The number of sulfone groups is 1. The van der Waals surface area contributed by atoms with Crippen LogP contribution in [0.15, 0.2) is 40.5 Å². The Bertz CT molecular complexity index is 1290. The van der Waals surface area contributed by atoms with Crippen LogP contribution < -0.4 is 5.32 Å². The number of carbonyl (C=O) groups excluding carboxylic acids is 2. The summed E-state index contributed by atoms with van der Waals surface area (Å²) in [7, 11) is -3.34. The van der Waals surface area contributed by atoms with E-state index in [4.69, 9.17) is 9.57 Å². The first-order valence-corrected chi connectivity index (χ1v) is 15.0. The van der Waals surface area contributed by atoms with E-state index < -0.39 is 15.7 Å². The van der Waals surface area contributed by atoms with Crippen LogP contribution in [0.2, 0.25) is 0 Å². The monoisotopic (exact) mass is 561 g/mol. The van der Waals surface area contributed by atoms with Gasteiger partial charge in [-0.15, -0.1) is 11.3 Å². The van der Waals surface area contributed by atoms with Gasteiger partial charge in [-0.25, -0.2) is 13.4 Å². The molecule has 5 rings (SSSR count). The van der Waals surface area contributed by atoms with Gasteiger partial charge in [0.2, 0.25) is 6.41 Å². The number of rotatable bonds is 10. The summed E-state index contributed by atoms with van der Waals surface area (Å²) in [4.78, 5) is 39.6. The number of hydrogen-bond donors (Lipinski definition) is 1. The number of anilines is 1. The van der Waals surface area contributed by atoms with E-state index in [1.807, 2.05) is 0 Å². The van der Waals surface area contributed by atoms with E-state index in [1.54, 1.807) is 23.2 Å². The second-order valence-electron chi connectivity index (χ2n) is 9.81. The molecule has 0 bridgehead atoms. The molecule has 0 unspecified atom stereocenters. The average molecular weight is 562 g/mol. The van der Waals surface area contributed by atoms with Gasteiger partial charge in [0.25, 0.3) is 5.91 Å². The number of piperazine rings is 1. The molecular formula is C25H31N5O6S2. The molecule has 204 valence electrons. The molecule has 13 heteroatoms. The lowest BCUT2D eigenvalue weighted by molar-refractivity contribution is -0.120. The van der Waals surface area contributed by atoms with Crippen LogP contribution >= 0.6 is 11.3 Å². The third-order valence-electron chi connectivity index (χ3n) is 6.89. The molecule has 1 aromatic heterocycles. The molecule has 2 amide bonds. The molecule has 1 aromatic carbocycles. The third kappa shape index (κ3) is 6.22. The summed E-state index contributed by atoms with van der Waals surface area (Å²) in [5.41, 5.74) is 0.470. The summed E-state index contributed by atoms with van der Waals surface area (Å²) in [6.45, 7) is 5.85. The number of aromatic nitrogens is 1. The summed E-state index contributed by atoms with van der Waals surface area (Å²) in [5, 5.41) is 7.07. The molecule has 2 aromatic rings. The maximum atomic E-state index is 13.3.